The second-order valence-corrected chi connectivity index (χ2v) is 6.59. The van der Waals surface area contributed by atoms with Gasteiger partial charge in [0.1, 0.15) is 6.10 Å². The molecule has 0 aromatic heterocycles. The van der Waals surface area contributed by atoms with Crippen LogP contribution >= 0.6 is 0 Å². The Morgan fingerprint density at radius 1 is 0.857 bits per heavy atom. The first kappa shape index (κ1) is 14.6. The maximum Gasteiger partial charge on any atom is 0.338 e. The third kappa shape index (κ3) is 3.66. The van der Waals surface area contributed by atoms with Crippen LogP contribution in [-0.4, -0.2) is 12.1 Å². The molecule has 2 heteroatoms. The van der Waals surface area contributed by atoms with E-state index >= 15 is 0 Å². The van der Waals surface area contributed by atoms with Gasteiger partial charge in [-0.25, -0.2) is 4.79 Å². The van der Waals surface area contributed by atoms with Gasteiger partial charge >= 0.3 is 5.97 Å². The lowest BCUT2D eigenvalue weighted by molar-refractivity contribution is 0.0209. The van der Waals surface area contributed by atoms with Crippen LogP contribution in [-0.2, 0) is 4.74 Å². The third-order valence-electron chi connectivity index (χ3n) is 5.05. The molecule has 21 heavy (non-hydrogen) atoms. The Kier molecular flexibility index (Phi) is 4.95. The minimum atomic E-state index is -0.0944. The first-order valence-electron chi connectivity index (χ1n) is 8.64. The molecule has 0 amide bonds. The normalized spacial score (nSPS) is 21.1. The SMILES string of the molecule is O=C(OC1CCCCC1)c1ccccc1C1CCCCC1. The molecule has 0 saturated heterocycles. The highest BCUT2D eigenvalue weighted by molar-refractivity contribution is 5.91. The van der Waals surface area contributed by atoms with Crippen molar-refractivity contribution in [3.05, 3.63) is 35.4 Å². The summed E-state index contributed by atoms with van der Waals surface area (Å²) in [7, 11) is 0. The molecule has 3 rings (SSSR count). The lowest BCUT2D eigenvalue weighted by Gasteiger charge is -2.25. The summed E-state index contributed by atoms with van der Waals surface area (Å²) in [5, 5.41) is 0. The molecular weight excluding hydrogens is 260 g/mol. The van der Waals surface area contributed by atoms with Gasteiger partial charge in [-0.1, -0.05) is 43.9 Å². The standard InChI is InChI=1S/C19H26O2/c20-19(21-16-11-5-2-6-12-16)18-14-8-7-13-17(18)15-9-3-1-4-10-15/h7-8,13-16H,1-6,9-12H2. The van der Waals surface area contributed by atoms with Gasteiger partial charge in [-0.05, 0) is 56.1 Å². The Bertz CT molecular complexity index is 468. The van der Waals surface area contributed by atoms with E-state index in [2.05, 4.69) is 12.1 Å². The highest BCUT2D eigenvalue weighted by atomic mass is 16.5. The fourth-order valence-electron chi connectivity index (χ4n) is 3.85. The van der Waals surface area contributed by atoms with E-state index < -0.39 is 0 Å². The van der Waals surface area contributed by atoms with Gasteiger partial charge in [0, 0.05) is 0 Å². The molecule has 0 N–H and O–H groups in total. The molecule has 0 heterocycles. The molecule has 0 radical (unpaired) electrons. The van der Waals surface area contributed by atoms with Gasteiger partial charge in [-0.3, -0.25) is 0 Å². The van der Waals surface area contributed by atoms with Crippen LogP contribution in [0.4, 0.5) is 0 Å². The van der Waals surface area contributed by atoms with Crippen LogP contribution in [0.5, 0.6) is 0 Å². The topological polar surface area (TPSA) is 26.3 Å². The fraction of sp³-hybridized carbons (Fsp3) is 0.632. The first-order chi connectivity index (χ1) is 10.3. The van der Waals surface area contributed by atoms with Gasteiger partial charge in [-0.15, -0.1) is 0 Å². The van der Waals surface area contributed by atoms with Crippen LogP contribution in [0.2, 0.25) is 0 Å². The number of esters is 1. The van der Waals surface area contributed by atoms with E-state index in [0.717, 1.165) is 18.4 Å². The quantitative estimate of drug-likeness (QED) is 0.712. The van der Waals surface area contributed by atoms with Gasteiger partial charge in [0.25, 0.3) is 0 Å². The zero-order chi connectivity index (χ0) is 14.5. The highest BCUT2D eigenvalue weighted by Crippen LogP contribution is 2.35. The molecule has 0 unspecified atom stereocenters. The number of rotatable bonds is 3. The number of hydrogen-bond acceptors (Lipinski definition) is 2. The van der Waals surface area contributed by atoms with E-state index in [9.17, 15) is 4.79 Å². The van der Waals surface area contributed by atoms with E-state index in [4.69, 9.17) is 4.74 Å². The molecule has 2 fully saturated rings. The summed E-state index contributed by atoms with van der Waals surface area (Å²) in [6.45, 7) is 0. The van der Waals surface area contributed by atoms with E-state index in [-0.39, 0.29) is 12.1 Å². The van der Waals surface area contributed by atoms with E-state index in [1.807, 2.05) is 12.1 Å². The first-order valence-corrected chi connectivity index (χ1v) is 8.64. The van der Waals surface area contributed by atoms with E-state index in [1.54, 1.807) is 0 Å². The van der Waals surface area contributed by atoms with Gasteiger partial charge in [0.2, 0.25) is 0 Å². The number of ether oxygens (including phenoxy) is 1. The van der Waals surface area contributed by atoms with E-state index in [0.29, 0.717) is 5.92 Å². The van der Waals surface area contributed by atoms with Crippen molar-refractivity contribution in [2.75, 3.05) is 0 Å². The van der Waals surface area contributed by atoms with Crippen molar-refractivity contribution in [2.24, 2.45) is 0 Å². The van der Waals surface area contributed by atoms with Gasteiger partial charge in [0.05, 0.1) is 5.56 Å². The van der Waals surface area contributed by atoms with Crippen molar-refractivity contribution in [1.82, 2.24) is 0 Å². The summed E-state index contributed by atoms with van der Waals surface area (Å²) in [5.74, 6) is 0.455. The van der Waals surface area contributed by atoms with E-state index in [1.165, 1.54) is 56.9 Å². The second-order valence-electron chi connectivity index (χ2n) is 6.59. The average Bonchev–Trinajstić information content (AvgIpc) is 2.56. The minimum absolute atomic E-state index is 0.0944. The number of carbonyl (C=O) groups excluding carboxylic acids is 1. The van der Waals surface area contributed by atoms with Gasteiger partial charge in [-0.2, -0.15) is 0 Å². The molecule has 2 saturated carbocycles. The zero-order valence-corrected chi connectivity index (χ0v) is 12.9. The van der Waals surface area contributed by atoms with Crippen LogP contribution in [0.15, 0.2) is 24.3 Å². The number of benzene rings is 1. The zero-order valence-electron chi connectivity index (χ0n) is 12.9. The van der Waals surface area contributed by atoms with Crippen molar-refractivity contribution in [3.8, 4) is 0 Å². The van der Waals surface area contributed by atoms with Crippen LogP contribution in [0.3, 0.4) is 0 Å². The Morgan fingerprint density at radius 3 is 2.19 bits per heavy atom. The minimum Gasteiger partial charge on any atom is -0.459 e. The summed E-state index contributed by atoms with van der Waals surface area (Å²) in [6.07, 6.45) is 12.2. The molecule has 2 nitrogen and oxygen atoms in total. The Hall–Kier alpha value is -1.31. The molecule has 0 atom stereocenters. The molecule has 1 aromatic rings. The maximum atomic E-state index is 12.6. The molecule has 0 aliphatic heterocycles. The largest absolute Gasteiger partial charge is 0.459 e. The predicted octanol–water partition coefficient (Wildman–Crippen LogP) is 5.22. The highest BCUT2D eigenvalue weighted by Gasteiger charge is 2.24. The van der Waals surface area contributed by atoms with Gasteiger partial charge in [0.15, 0.2) is 0 Å². The third-order valence-corrected chi connectivity index (χ3v) is 5.05. The second kappa shape index (κ2) is 7.11. The molecule has 2 aliphatic rings. The Balaban J connectivity index is 1.72. The summed E-state index contributed by atoms with van der Waals surface area (Å²) < 4.78 is 5.77. The number of carbonyl (C=O) groups is 1. The summed E-state index contributed by atoms with van der Waals surface area (Å²) >= 11 is 0. The van der Waals surface area contributed by atoms with Crippen LogP contribution in [0.1, 0.15) is 86.0 Å². The molecular formula is C19H26O2. The smallest absolute Gasteiger partial charge is 0.338 e. The average molecular weight is 286 g/mol. The molecule has 2 aliphatic carbocycles. The molecule has 0 bridgehead atoms. The Labute approximate surface area is 127 Å². The van der Waals surface area contributed by atoms with Crippen molar-refractivity contribution in [1.29, 1.82) is 0 Å². The van der Waals surface area contributed by atoms with Crippen LogP contribution < -0.4 is 0 Å². The lowest BCUT2D eigenvalue weighted by atomic mass is 9.82. The predicted molar refractivity (Wildman–Crippen MR) is 84.6 cm³/mol. The summed E-state index contributed by atoms with van der Waals surface area (Å²) in [5.41, 5.74) is 2.04. The lowest BCUT2D eigenvalue weighted by Crippen LogP contribution is -2.22. The fourth-order valence-corrected chi connectivity index (χ4v) is 3.85. The maximum absolute atomic E-state index is 12.6. The van der Waals surface area contributed by atoms with Crippen molar-refractivity contribution in [2.45, 2.75) is 76.2 Å². The monoisotopic (exact) mass is 286 g/mol. The van der Waals surface area contributed by atoms with Crippen molar-refractivity contribution >= 4 is 5.97 Å². The van der Waals surface area contributed by atoms with Crippen molar-refractivity contribution < 1.29 is 9.53 Å². The molecule has 0 spiro atoms. The summed E-state index contributed by atoms with van der Waals surface area (Å²) in [6, 6.07) is 8.10. The van der Waals surface area contributed by atoms with Crippen molar-refractivity contribution in [3.63, 3.8) is 0 Å². The van der Waals surface area contributed by atoms with Crippen LogP contribution in [0, 0.1) is 0 Å². The molecule has 114 valence electrons. The summed E-state index contributed by atoms with van der Waals surface area (Å²) in [4.78, 5) is 12.6. The molecule has 1 aromatic carbocycles. The Morgan fingerprint density at radius 2 is 1.48 bits per heavy atom. The van der Waals surface area contributed by atoms with Crippen LogP contribution in [0.25, 0.3) is 0 Å². The van der Waals surface area contributed by atoms with Gasteiger partial charge < -0.3 is 4.74 Å². The number of hydrogen-bond donors (Lipinski definition) is 0.